The molecule has 0 saturated carbocycles. The number of rotatable bonds is 0. The van der Waals surface area contributed by atoms with Gasteiger partial charge in [0.05, 0.1) is 0 Å². The lowest BCUT2D eigenvalue weighted by Gasteiger charge is -1.88. The fourth-order valence-electron chi connectivity index (χ4n) is 1.16. The maximum absolute atomic E-state index is 10.2. The Balaban J connectivity index is 0. The molecule has 0 unspecified atom stereocenters. The summed E-state index contributed by atoms with van der Waals surface area (Å²) in [5.41, 5.74) is 0. The molecule has 3 aromatic rings. The maximum Gasteiger partial charge on any atom is 0.222 e. The van der Waals surface area contributed by atoms with Crippen LogP contribution < -0.4 is 14.2 Å². The Kier molecular flexibility index (Phi) is 13.3. The largest absolute Gasteiger partial charge is 0.619 e. The Morgan fingerprint density at radius 2 is 0.739 bits per heavy atom. The standard InChI is InChI=1S/C5H6NO.2C5H5NO.2CH4/c3*7-6-4-2-1-3-5-6;;/h1-5,7H;2*1-5H;2*1H4/q+1;;;;. The first kappa shape index (κ1) is 22.1. The summed E-state index contributed by atoms with van der Waals surface area (Å²) >= 11 is 0. The Hall–Kier alpha value is -3.15. The van der Waals surface area contributed by atoms with Gasteiger partial charge in [0.1, 0.15) is 0 Å². The Morgan fingerprint density at radius 1 is 0.478 bits per heavy atom. The second-order valence-corrected chi connectivity index (χ2v) is 3.73. The van der Waals surface area contributed by atoms with Gasteiger partial charge in [-0.2, -0.15) is 9.46 Å². The van der Waals surface area contributed by atoms with Crippen LogP contribution in [0.5, 0.6) is 0 Å². The molecule has 124 valence electrons. The maximum atomic E-state index is 10.2. The van der Waals surface area contributed by atoms with Crippen LogP contribution in [0.1, 0.15) is 14.9 Å². The lowest BCUT2D eigenvalue weighted by atomic mass is 10.5. The van der Waals surface area contributed by atoms with Crippen molar-refractivity contribution in [2.75, 3.05) is 0 Å². The van der Waals surface area contributed by atoms with E-state index in [2.05, 4.69) is 0 Å². The van der Waals surface area contributed by atoms with Gasteiger partial charge in [-0.05, 0) is 0 Å². The molecule has 0 saturated heterocycles. The van der Waals surface area contributed by atoms with Crippen molar-refractivity contribution in [2.45, 2.75) is 14.9 Å². The number of nitrogens with zero attached hydrogens (tertiary/aromatic N) is 3. The van der Waals surface area contributed by atoms with Crippen molar-refractivity contribution >= 4 is 0 Å². The number of hydrogen-bond acceptors (Lipinski definition) is 3. The van der Waals surface area contributed by atoms with Crippen molar-refractivity contribution in [3.63, 3.8) is 0 Å². The van der Waals surface area contributed by atoms with Gasteiger partial charge in [-0.15, -0.1) is 0 Å². The third kappa shape index (κ3) is 12.3. The summed E-state index contributed by atoms with van der Waals surface area (Å²) in [5.74, 6) is 0. The minimum absolute atomic E-state index is 0. The number of hydrogen-bond donors (Lipinski definition) is 1. The zero-order valence-electron chi connectivity index (χ0n) is 11.3. The molecule has 1 N–H and O–H groups in total. The van der Waals surface area contributed by atoms with Crippen molar-refractivity contribution in [1.29, 1.82) is 0 Å². The highest BCUT2D eigenvalue weighted by molar-refractivity contribution is 4.84. The number of aromatic nitrogens is 3. The van der Waals surface area contributed by atoms with Crippen molar-refractivity contribution in [3.8, 4) is 0 Å². The first-order chi connectivity index (χ1) is 10.2. The monoisotopic (exact) mass is 318 g/mol. The molecule has 0 amide bonds. The van der Waals surface area contributed by atoms with Crippen LogP contribution in [0.25, 0.3) is 0 Å². The van der Waals surface area contributed by atoms with Crippen molar-refractivity contribution < 1.29 is 19.4 Å². The normalized spacial score (nSPS) is 7.83. The molecule has 0 spiro atoms. The summed E-state index contributed by atoms with van der Waals surface area (Å²) in [6, 6.07) is 15.7. The highest BCUT2D eigenvalue weighted by Gasteiger charge is 1.82. The van der Waals surface area contributed by atoms with Gasteiger partial charge in [-0.3, -0.25) is 5.21 Å². The molecule has 0 aliphatic heterocycles. The first-order valence-corrected chi connectivity index (χ1v) is 6.11. The predicted octanol–water partition coefficient (Wildman–Crippen LogP) is 2.12. The van der Waals surface area contributed by atoms with Gasteiger partial charge in [0.25, 0.3) is 0 Å². The SMILES string of the molecule is C.C.O[n+]1ccccc1.[O-][n+]1ccccc1.[O-][n+]1ccccc1. The van der Waals surface area contributed by atoms with E-state index in [0.717, 1.165) is 14.2 Å². The van der Waals surface area contributed by atoms with Crippen molar-refractivity contribution in [3.05, 3.63) is 102 Å². The second kappa shape index (κ2) is 13.8. The average Bonchev–Trinajstić information content (AvgIpc) is 2.51. The molecule has 6 heteroatoms. The van der Waals surface area contributed by atoms with Crippen LogP contribution in [0.3, 0.4) is 0 Å². The fraction of sp³-hybridized carbons (Fsp3) is 0.118. The van der Waals surface area contributed by atoms with E-state index in [1.165, 1.54) is 24.8 Å². The molecule has 3 rings (SSSR count). The van der Waals surface area contributed by atoms with E-state index in [4.69, 9.17) is 5.21 Å². The van der Waals surface area contributed by atoms with Gasteiger partial charge in [0.2, 0.25) is 12.4 Å². The lowest BCUT2D eigenvalue weighted by molar-refractivity contribution is -0.904. The third-order valence-electron chi connectivity index (χ3n) is 2.08. The molecule has 23 heavy (non-hydrogen) atoms. The molecule has 6 nitrogen and oxygen atoms in total. The lowest BCUT2D eigenvalue weighted by Crippen LogP contribution is -2.27. The highest BCUT2D eigenvalue weighted by atomic mass is 16.5. The Bertz CT molecular complexity index is 504. The molecule has 0 aromatic carbocycles. The molecule has 0 radical (unpaired) electrons. The molecule has 0 aliphatic carbocycles. The van der Waals surface area contributed by atoms with Gasteiger partial charge in [0, 0.05) is 41.1 Å². The van der Waals surface area contributed by atoms with Crippen LogP contribution in [0.4, 0.5) is 0 Å². The van der Waals surface area contributed by atoms with E-state index in [9.17, 15) is 10.4 Å². The second-order valence-electron chi connectivity index (χ2n) is 3.73. The summed E-state index contributed by atoms with van der Waals surface area (Å²) in [7, 11) is 0. The summed E-state index contributed by atoms with van der Waals surface area (Å²) < 4.78 is 2.50. The van der Waals surface area contributed by atoms with E-state index in [-0.39, 0.29) is 14.9 Å². The zero-order valence-corrected chi connectivity index (χ0v) is 11.3. The molecule has 3 heterocycles. The van der Waals surface area contributed by atoms with Crippen LogP contribution in [-0.2, 0) is 0 Å². The van der Waals surface area contributed by atoms with E-state index < -0.39 is 0 Å². The molecule has 0 aliphatic rings. The molecule has 3 aromatic heterocycles. The van der Waals surface area contributed by atoms with E-state index >= 15 is 0 Å². The fourth-order valence-corrected chi connectivity index (χ4v) is 1.16. The van der Waals surface area contributed by atoms with Gasteiger partial charge in [0.15, 0.2) is 24.8 Å². The summed E-state index contributed by atoms with van der Waals surface area (Å²) in [6.07, 6.45) is 8.89. The molecular weight excluding hydrogens is 294 g/mol. The first-order valence-electron chi connectivity index (χ1n) is 6.11. The minimum atomic E-state index is 0. The molecule has 0 bridgehead atoms. The van der Waals surface area contributed by atoms with Gasteiger partial charge in [-0.1, -0.05) is 33.1 Å². The van der Waals surface area contributed by atoms with E-state index in [0.29, 0.717) is 0 Å². The summed E-state index contributed by atoms with van der Waals surface area (Å²) in [6.45, 7) is 0. The number of pyridine rings is 3. The smallest absolute Gasteiger partial charge is 0.222 e. The van der Waals surface area contributed by atoms with Crippen molar-refractivity contribution in [1.82, 2.24) is 0 Å². The third-order valence-corrected chi connectivity index (χ3v) is 2.08. The molecule has 0 atom stereocenters. The van der Waals surface area contributed by atoms with E-state index in [1.807, 2.05) is 6.07 Å². The highest BCUT2D eigenvalue weighted by Crippen LogP contribution is 1.73. The average molecular weight is 318 g/mol. The quantitative estimate of drug-likeness (QED) is 0.392. The van der Waals surface area contributed by atoms with Crippen molar-refractivity contribution in [2.24, 2.45) is 0 Å². The Labute approximate surface area is 137 Å². The summed E-state index contributed by atoms with van der Waals surface area (Å²) in [5, 5.41) is 28.9. The Morgan fingerprint density at radius 3 is 0.870 bits per heavy atom. The zero-order chi connectivity index (χ0) is 15.3. The molecule has 0 fully saturated rings. The predicted molar refractivity (Wildman–Crippen MR) is 88.1 cm³/mol. The molecular formula is C17H24N3O3+. The minimum Gasteiger partial charge on any atom is -0.619 e. The summed E-state index contributed by atoms with van der Waals surface area (Å²) in [4.78, 5) is 0. The van der Waals surface area contributed by atoms with Crippen LogP contribution >= 0.6 is 0 Å². The van der Waals surface area contributed by atoms with Gasteiger partial charge in [-0.25, -0.2) is 0 Å². The van der Waals surface area contributed by atoms with Crippen LogP contribution in [-0.4, -0.2) is 5.21 Å². The van der Waals surface area contributed by atoms with E-state index in [1.54, 1.807) is 60.9 Å². The topological polar surface area (TPSA) is 78.0 Å². The van der Waals surface area contributed by atoms with Crippen LogP contribution in [0.2, 0.25) is 0 Å². The van der Waals surface area contributed by atoms with Crippen LogP contribution in [0.15, 0.2) is 91.8 Å². The van der Waals surface area contributed by atoms with Gasteiger partial charge < -0.3 is 10.4 Å². The van der Waals surface area contributed by atoms with Crippen LogP contribution in [0, 0.1) is 10.4 Å². The van der Waals surface area contributed by atoms with Gasteiger partial charge >= 0.3 is 0 Å².